The summed E-state index contributed by atoms with van der Waals surface area (Å²) >= 11 is 0. The lowest BCUT2D eigenvalue weighted by Crippen LogP contribution is -2.09. The molecule has 1 aromatic heterocycles. The number of carbonyl (C=O) groups is 1. The molecular formula is C15H11NO3. The van der Waals surface area contributed by atoms with Gasteiger partial charge in [0.2, 0.25) is 0 Å². The fourth-order valence-electron chi connectivity index (χ4n) is 1.81. The smallest absolute Gasteiger partial charge is 0.345 e. The Kier molecular flexibility index (Phi) is 2.98. The van der Waals surface area contributed by atoms with Crippen molar-refractivity contribution in [2.75, 3.05) is 6.61 Å². The molecule has 3 rings (SSSR count). The van der Waals surface area contributed by atoms with Crippen LogP contribution in [0.1, 0.15) is 15.9 Å². The molecule has 0 radical (unpaired) electrons. The summed E-state index contributed by atoms with van der Waals surface area (Å²) in [6.45, 7) is 0.571. The zero-order valence-electron chi connectivity index (χ0n) is 10.1. The van der Waals surface area contributed by atoms with Crippen LogP contribution in [0.15, 0.2) is 48.8 Å². The molecule has 0 spiro atoms. The van der Waals surface area contributed by atoms with Crippen LogP contribution in [-0.2, 0) is 0 Å². The Morgan fingerprint density at radius 1 is 1.32 bits per heavy atom. The van der Waals surface area contributed by atoms with Gasteiger partial charge in [-0.1, -0.05) is 6.08 Å². The first-order chi connectivity index (χ1) is 9.33. The summed E-state index contributed by atoms with van der Waals surface area (Å²) in [4.78, 5) is 15.8. The van der Waals surface area contributed by atoms with Crippen LogP contribution in [-0.4, -0.2) is 17.6 Å². The third-order valence-corrected chi connectivity index (χ3v) is 2.72. The Morgan fingerprint density at radius 2 is 2.26 bits per heavy atom. The Hall–Kier alpha value is -2.62. The van der Waals surface area contributed by atoms with Crippen molar-refractivity contribution in [3.8, 4) is 11.5 Å². The van der Waals surface area contributed by atoms with Gasteiger partial charge in [-0.25, -0.2) is 4.79 Å². The average molecular weight is 253 g/mol. The van der Waals surface area contributed by atoms with E-state index in [9.17, 15) is 4.79 Å². The maximum absolute atomic E-state index is 11.9. The number of benzene rings is 1. The van der Waals surface area contributed by atoms with Gasteiger partial charge in [0.15, 0.2) is 0 Å². The minimum absolute atomic E-state index is 0.422. The molecule has 0 saturated heterocycles. The van der Waals surface area contributed by atoms with E-state index in [2.05, 4.69) is 4.98 Å². The highest BCUT2D eigenvalue weighted by atomic mass is 16.5. The molecule has 0 saturated carbocycles. The summed E-state index contributed by atoms with van der Waals surface area (Å²) in [5, 5.41) is 0. The van der Waals surface area contributed by atoms with E-state index in [0.29, 0.717) is 17.9 Å². The first-order valence-corrected chi connectivity index (χ1v) is 5.88. The second kappa shape index (κ2) is 4.94. The number of aromatic nitrogens is 1. The fourth-order valence-corrected chi connectivity index (χ4v) is 1.81. The van der Waals surface area contributed by atoms with Gasteiger partial charge in [-0.3, -0.25) is 4.98 Å². The van der Waals surface area contributed by atoms with Gasteiger partial charge in [-0.15, -0.1) is 0 Å². The van der Waals surface area contributed by atoms with E-state index in [1.165, 1.54) is 6.20 Å². The molecule has 0 unspecified atom stereocenters. The van der Waals surface area contributed by atoms with Gasteiger partial charge in [0.05, 0.1) is 5.56 Å². The van der Waals surface area contributed by atoms with E-state index in [0.717, 1.165) is 11.3 Å². The largest absolute Gasteiger partial charge is 0.489 e. The molecule has 4 heteroatoms. The van der Waals surface area contributed by atoms with Crippen LogP contribution >= 0.6 is 0 Å². The number of esters is 1. The van der Waals surface area contributed by atoms with E-state index < -0.39 is 5.97 Å². The van der Waals surface area contributed by atoms with Gasteiger partial charge < -0.3 is 9.47 Å². The first kappa shape index (κ1) is 11.5. The van der Waals surface area contributed by atoms with Crippen LogP contribution in [0, 0.1) is 0 Å². The van der Waals surface area contributed by atoms with Crippen LogP contribution in [0.4, 0.5) is 0 Å². The Bertz CT molecular complexity index is 635. The summed E-state index contributed by atoms with van der Waals surface area (Å²) in [6, 6.07) is 8.65. The van der Waals surface area contributed by atoms with Crippen molar-refractivity contribution in [1.82, 2.24) is 4.98 Å². The maximum Gasteiger partial charge on any atom is 0.345 e. The quantitative estimate of drug-likeness (QED) is 0.610. The van der Waals surface area contributed by atoms with Crippen molar-refractivity contribution in [2.24, 2.45) is 0 Å². The third kappa shape index (κ3) is 2.47. The SMILES string of the molecule is O=C(Oc1ccc2c(c1)C=CCO2)c1cccnc1. The van der Waals surface area contributed by atoms with Crippen LogP contribution in [0.25, 0.3) is 6.08 Å². The lowest BCUT2D eigenvalue weighted by molar-refractivity contribution is 0.0734. The second-order valence-electron chi connectivity index (χ2n) is 4.04. The molecule has 0 bridgehead atoms. The number of pyridine rings is 1. The Balaban J connectivity index is 1.81. The van der Waals surface area contributed by atoms with E-state index in [4.69, 9.17) is 9.47 Å². The highest BCUT2D eigenvalue weighted by molar-refractivity contribution is 5.90. The molecular weight excluding hydrogens is 242 g/mol. The van der Waals surface area contributed by atoms with Crippen molar-refractivity contribution in [3.05, 3.63) is 59.9 Å². The lowest BCUT2D eigenvalue weighted by Gasteiger charge is -2.13. The summed E-state index contributed by atoms with van der Waals surface area (Å²) in [5.74, 6) is 0.861. The van der Waals surface area contributed by atoms with E-state index in [1.807, 2.05) is 12.2 Å². The second-order valence-corrected chi connectivity index (χ2v) is 4.04. The zero-order chi connectivity index (χ0) is 13.1. The number of carbonyl (C=O) groups excluding carboxylic acids is 1. The number of hydrogen-bond acceptors (Lipinski definition) is 4. The number of ether oxygens (including phenoxy) is 2. The zero-order valence-corrected chi connectivity index (χ0v) is 10.1. The predicted molar refractivity (Wildman–Crippen MR) is 70.2 cm³/mol. The number of rotatable bonds is 2. The van der Waals surface area contributed by atoms with Crippen LogP contribution < -0.4 is 9.47 Å². The molecule has 19 heavy (non-hydrogen) atoms. The van der Waals surface area contributed by atoms with Gasteiger partial charge in [-0.05, 0) is 36.4 Å². The number of hydrogen-bond donors (Lipinski definition) is 0. The highest BCUT2D eigenvalue weighted by Gasteiger charge is 2.11. The normalized spacial score (nSPS) is 12.4. The topological polar surface area (TPSA) is 48.4 Å². The highest BCUT2D eigenvalue weighted by Crippen LogP contribution is 2.28. The number of fused-ring (bicyclic) bond motifs is 1. The van der Waals surface area contributed by atoms with Gasteiger partial charge >= 0.3 is 5.97 Å². The number of nitrogens with zero attached hydrogens (tertiary/aromatic N) is 1. The minimum Gasteiger partial charge on any atom is -0.489 e. The van der Waals surface area contributed by atoms with Crippen molar-refractivity contribution >= 4 is 12.0 Å². The molecule has 1 aliphatic heterocycles. The monoisotopic (exact) mass is 253 g/mol. The summed E-state index contributed by atoms with van der Waals surface area (Å²) < 4.78 is 10.7. The fraction of sp³-hybridized carbons (Fsp3) is 0.0667. The van der Waals surface area contributed by atoms with E-state index in [-0.39, 0.29) is 0 Å². The molecule has 0 amide bonds. The summed E-state index contributed by atoms with van der Waals surface area (Å²) in [6.07, 6.45) is 6.94. The summed E-state index contributed by atoms with van der Waals surface area (Å²) in [5.41, 5.74) is 1.33. The van der Waals surface area contributed by atoms with Gasteiger partial charge in [0.1, 0.15) is 18.1 Å². The first-order valence-electron chi connectivity index (χ1n) is 5.88. The molecule has 1 aliphatic rings. The summed E-state index contributed by atoms with van der Waals surface area (Å²) in [7, 11) is 0. The molecule has 1 aromatic carbocycles. The molecule has 0 aliphatic carbocycles. The van der Waals surface area contributed by atoms with Crippen molar-refractivity contribution in [1.29, 1.82) is 0 Å². The lowest BCUT2D eigenvalue weighted by atomic mass is 10.1. The predicted octanol–water partition coefficient (Wildman–Crippen LogP) is 2.71. The van der Waals surface area contributed by atoms with E-state index in [1.54, 1.807) is 36.5 Å². The molecule has 2 heterocycles. The van der Waals surface area contributed by atoms with Gasteiger partial charge in [-0.2, -0.15) is 0 Å². The molecule has 4 nitrogen and oxygen atoms in total. The van der Waals surface area contributed by atoms with E-state index >= 15 is 0 Å². The van der Waals surface area contributed by atoms with Gasteiger partial charge in [0.25, 0.3) is 0 Å². The van der Waals surface area contributed by atoms with Gasteiger partial charge in [0, 0.05) is 18.0 Å². The van der Waals surface area contributed by atoms with Crippen LogP contribution in [0.5, 0.6) is 11.5 Å². The van der Waals surface area contributed by atoms with Crippen molar-refractivity contribution < 1.29 is 14.3 Å². The Labute approximate surface area is 110 Å². The molecule has 0 atom stereocenters. The third-order valence-electron chi connectivity index (χ3n) is 2.72. The van der Waals surface area contributed by atoms with Crippen molar-refractivity contribution in [3.63, 3.8) is 0 Å². The maximum atomic E-state index is 11.9. The minimum atomic E-state index is -0.422. The molecule has 94 valence electrons. The molecule has 2 aromatic rings. The molecule has 0 fully saturated rings. The van der Waals surface area contributed by atoms with Crippen LogP contribution in [0.2, 0.25) is 0 Å². The standard InChI is InChI=1S/C15H11NO3/c17-15(12-3-1-7-16-10-12)19-13-5-6-14-11(9-13)4-2-8-18-14/h1-7,9-10H,8H2. The Morgan fingerprint density at radius 3 is 3.11 bits per heavy atom. The van der Waals surface area contributed by atoms with Crippen molar-refractivity contribution in [2.45, 2.75) is 0 Å². The van der Waals surface area contributed by atoms with Crippen LogP contribution in [0.3, 0.4) is 0 Å². The average Bonchev–Trinajstić information content (AvgIpc) is 2.48. The molecule has 0 N–H and O–H groups in total.